The third kappa shape index (κ3) is 3.45. The molecule has 1 saturated heterocycles. The highest BCUT2D eigenvalue weighted by molar-refractivity contribution is 7.89. The summed E-state index contributed by atoms with van der Waals surface area (Å²) in [5.74, 6) is 1.32. The number of ether oxygens (including phenoxy) is 1. The molecule has 0 spiro atoms. The summed E-state index contributed by atoms with van der Waals surface area (Å²) in [5.41, 5.74) is 1.71. The summed E-state index contributed by atoms with van der Waals surface area (Å²) in [6, 6.07) is 3.42. The van der Waals surface area contributed by atoms with Crippen LogP contribution < -0.4 is 10.1 Å². The highest BCUT2D eigenvalue weighted by Crippen LogP contribution is 2.29. The van der Waals surface area contributed by atoms with E-state index in [0.29, 0.717) is 23.9 Å². The van der Waals surface area contributed by atoms with Crippen molar-refractivity contribution >= 4 is 10.0 Å². The lowest BCUT2D eigenvalue weighted by molar-refractivity contribution is 0.270. The lowest BCUT2D eigenvalue weighted by atomic mass is 9.98. The molecule has 0 bridgehead atoms. The van der Waals surface area contributed by atoms with Crippen LogP contribution in [0.15, 0.2) is 17.0 Å². The highest BCUT2D eigenvalue weighted by atomic mass is 32.2. The predicted octanol–water partition coefficient (Wildman–Crippen LogP) is 1.93. The van der Waals surface area contributed by atoms with Gasteiger partial charge >= 0.3 is 0 Å². The quantitative estimate of drug-likeness (QED) is 0.898. The molecule has 1 fully saturated rings. The monoisotopic (exact) mass is 326 g/mol. The number of methoxy groups -OCH3 is 1. The summed E-state index contributed by atoms with van der Waals surface area (Å²) >= 11 is 0. The standard InChI is InChI=1S/C16H26N2O3S/c1-12-9-15(10-13(2)16(12)21-4)22(19,20)18-7-5-14(6-8-18)11-17-3/h9-10,14,17H,5-8,11H2,1-4H3. The van der Waals surface area contributed by atoms with Crippen LogP contribution in [0.4, 0.5) is 0 Å². The van der Waals surface area contributed by atoms with E-state index < -0.39 is 10.0 Å². The van der Waals surface area contributed by atoms with Gasteiger partial charge in [-0.05, 0) is 69.5 Å². The molecule has 22 heavy (non-hydrogen) atoms. The van der Waals surface area contributed by atoms with Crippen LogP contribution in [0.5, 0.6) is 5.75 Å². The lowest BCUT2D eigenvalue weighted by Crippen LogP contribution is -2.40. The summed E-state index contributed by atoms with van der Waals surface area (Å²) in [6.45, 7) is 5.90. The van der Waals surface area contributed by atoms with E-state index in [2.05, 4.69) is 5.32 Å². The first kappa shape index (κ1) is 17.2. The smallest absolute Gasteiger partial charge is 0.243 e. The number of aryl methyl sites for hydroxylation is 2. The van der Waals surface area contributed by atoms with Gasteiger partial charge in [0.25, 0.3) is 0 Å². The molecule has 0 aromatic heterocycles. The maximum atomic E-state index is 12.8. The molecule has 1 aromatic rings. The maximum Gasteiger partial charge on any atom is 0.243 e. The predicted molar refractivity (Wildman–Crippen MR) is 87.9 cm³/mol. The van der Waals surface area contributed by atoms with Crippen LogP contribution in [0.2, 0.25) is 0 Å². The number of hydrogen-bond acceptors (Lipinski definition) is 4. The Morgan fingerprint density at radius 3 is 2.23 bits per heavy atom. The van der Waals surface area contributed by atoms with E-state index in [1.54, 1.807) is 23.5 Å². The third-order valence-corrected chi connectivity index (χ3v) is 6.22. The van der Waals surface area contributed by atoms with Crippen LogP contribution in [0.25, 0.3) is 0 Å². The lowest BCUT2D eigenvalue weighted by Gasteiger charge is -2.31. The second-order valence-electron chi connectivity index (χ2n) is 6.00. The number of benzene rings is 1. The minimum Gasteiger partial charge on any atom is -0.496 e. The average molecular weight is 326 g/mol. The maximum absolute atomic E-state index is 12.8. The molecule has 1 aliphatic rings. The van der Waals surface area contributed by atoms with E-state index >= 15 is 0 Å². The second kappa shape index (κ2) is 6.98. The van der Waals surface area contributed by atoms with Gasteiger partial charge in [0.2, 0.25) is 10.0 Å². The van der Waals surface area contributed by atoms with Crippen molar-refractivity contribution in [2.75, 3.05) is 33.8 Å². The van der Waals surface area contributed by atoms with E-state index in [1.807, 2.05) is 20.9 Å². The number of nitrogens with zero attached hydrogens (tertiary/aromatic N) is 1. The van der Waals surface area contributed by atoms with Crippen LogP contribution in [0, 0.1) is 19.8 Å². The van der Waals surface area contributed by atoms with Crippen molar-refractivity contribution in [3.63, 3.8) is 0 Å². The van der Waals surface area contributed by atoms with Crippen LogP contribution >= 0.6 is 0 Å². The Balaban J connectivity index is 2.21. The van der Waals surface area contributed by atoms with E-state index in [4.69, 9.17) is 4.74 Å². The van der Waals surface area contributed by atoms with Gasteiger partial charge in [-0.3, -0.25) is 0 Å². The van der Waals surface area contributed by atoms with Crippen molar-refractivity contribution in [2.45, 2.75) is 31.6 Å². The van der Waals surface area contributed by atoms with E-state index in [1.165, 1.54) is 0 Å². The molecule has 0 aliphatic carbocycles. The Hall–Kier alpha value is -1.11. The summed E-state index contributed by atoms with van der Waals surface area (Å²) in [5, 5.41) is 3.17. The zero-order chi connectivity index (χ0) is 16.3. The van der Waals surface area contributed by atoms with Crippen molar-refractivity contribution in [2.24, 2.45) is 5.92 Å². The van der Waals surface area contributed by atoms with Gasteiger partial charge in [0.15, 0.2) is 0 Å². The number of nitrogens with one attached hydrogen (secondary N) is 1. The first-order valence-corrected chi connectivity index (χ1v) is 9.14. The normalized spacial score (nSPS) is 17.6. The topological polar surface area (TPSA) is 58.6 Å². The first-order chi connectivity index (χ1) is 10.4. The molecule has 1 heterocycles. The molecule has 1 aliphatic heterocycles. The first-order valence-electron chi connectivity index (χ1n) is 7.70. The van der Waals surface area contributed by atoms with Crippen molar-refractivity contribution in [3.05, 3.63) is 23.3 Å². The van der Waals surface area contributed by atoms with Crippen LogP contribution in [-0.4, -0.2) is 46.5 Å². The number of sulfonamides is 1. The molecule has 5 nitrogen and oxygen atoms in total. The Morgan fingerprint density at radius 2 is 1.77 bits per heavy atom. The van der Waals surface area contributed by atoms with Gasteiger partial charge in [-0.1, -0.05) is 0 Å². The molecule has 2 rings (SSSR count). The molecule has 0 amide bonds. The third-order valence-electron chi connectivity index (χ3n) is 4.34. The molecule has 0 unspecified atom stereocenters. The van der Waals surface area contributed by atoms with Gasteiger partial charge in [0.05, 0.1) is 12.0 Å². The van der Waals surface area contributed by atoms with Gasteiger partial charge < -0.3 is 10.1 Å². The second-order valence-corrected chi connectivity index (χ2v) is 7.93. The van der Waals surface area contributed by atoms with Gasteiger partial charge in [-0.25, -0.2) is 8.42 Å². The zero-order valence-electron chi connectivity index (χ0n) is 13.8. The average Bonchev–Trinajstić information content (AvgIpc) is 2.48. The molecule has 0 radical (unpaired) electrons. The Morgan fingerprint density at radius 1 is 1.23 bits per heavy atom. The molecule has 0 atom stereocenters. The molecule has 0 saturated carbocycles. The molecular weight excluding hydrogens is 300 g/mol. The fraction of sp³-hybridized carbons (Fsp3) is 0.625. The van der Waals surface area contributed by atoms with Gasteiger partial charge in [-0.15, -0.1) is 0 Å². The van der Waals surface area contributed by atoms with Crippen molar-refractivity contribution in [1.82, 2.24) is 9.62 Å². The summed E-state index contributed by atoms with van der Waals surface area (Å²) in [6.07, 6.45) is 1.82. The Bertz CT molecular complexity index is 597. The van der Waals surface area contributed by atoms with Crippen LogP contribution in [0.3, 0.4) is 0 Å². The van der Waals surface area contributed by atoms with E-state index in [-0.39, 0.29) is 0 Å². The molecule has 124 valence electrons. The fourth-order valence-electron chi connectivity index (χ4n) is 3.17. The SMILES string of the molecule is CNCC1CCN(S(=O)(=O)c2cc(C)c(OC)c(C)c2)CC1. The largest absolute Gasteiger partial charge is 0.496 e. The van der Waals surface area contributed by atoms with Crippen LogP contribution in [-0.2, 0) is 10.0 Å². The van der Waals surface area contributed by atoms with Gasteiger partial charge in [0.1, 0.15) is 5.75 Å². The van der Waals surface area contributed by atoms with E-state index in [0.717, 1.165) is 36.3 Å². The number of hydrogen-bond donors (Lipinski definition) is 1. The van der Waals surface area contributed by atoms with Gasteiger partial charge in [-0.2, -0.15) is 4.31 Å². The summed E-state index contributed by atoms with van der Waals surface area (Å²) in [4.78, 5) is 0.371. The Kier molecular flexibility index (Phi) is 5.47. The zero-order valence-corrected chi connectivity index (χ0v) is 14.7. The Labute approximate surface area is 133 Å². The highest BCUT2D eigenvalue weighted by Gasteiger charge is 2.29. The molecule has 6 heteroatoms. The minimum atomic E-state index is -3.41. The summed E-state index contributed by atoms with van der Waals surface area (Å²) in [7, 11) is 0.131. The van der Waals surface area contributed by atoms with Crippen molar-refractivity contribution < 1.29 is 13.2 Å². The van der Waals surface area contributed by atoms with Crippen LogP contribution in [0.1, 0.15) is 24.0 Å². The number of rotatable bonds is 5. The minimum absolute atomic E-state index is 0.371. The molecule has 1 aromatic carbocycles. The van der Waals surface area contributed by atoms with E-state index in [9.17, 15) is 8.42 Å². The molecular formula is C16H26N2O3S. The van der Waals surface area contributed by atoms with Gasteiger partial charge in [0, 0.05) is 13.1 Å². The fourth-order valence-corrected chi connectivity index (χ4v) is 4.81. The van der Waals surface area contributed by atoms with Crippen molar-refractivity contribution in [1.29, 1.82) is 0 Å². The van der Waals surface area contributed by atoms with Crippen molar-refractivity contribution in [3.8, 4) is 5.75 Å². The summed E-state index contributed by atoms with van der Waals surface area (Å²) < 4.78 is 32.6. The molecule has 1 N–H and O–H groups in total. The number of piperidine rings is 1.